The van der Waals surface area contributed by atoms with Crippen molar-refractivity contribution in [2.75, 3.05) is 0 Å². The first-order valence-electron chi connectivity index (χ1n) is 5.82. The van der Waals surface area contributed by atoms with Gasteiger partial charge < -0.3 is 10.8 Å². The first-order valence-corrected chi connectivity index (χ1v) is 6.81. The van der Waals surface area contributed by atoms with Crippen LogP contribution in [-0.2, 0) is 16.7 Å². The highest BCUT2D eigenvalue weighted by molar-refractivity contribution is 7.99. The summed E-state index contributed by atoms with van der Waals surface area (Å²) in [6.45, 7) is 3.31. The van der Waals surface area contributed by atoms with Crippen LogP contribution in [0.2, 0.25) is 0 Å². The minimum absolute atomic E-state index is 0.262. The molecule has 0 heterocycles. The molecular weight excluding hydrogens is 291 g/mol. The van der Waals surface area contributed by atoms with Crippen LogP contribution < -0.4 is 5.73 Å². The van der Waals surface area contributed by atoms with Gasteiger partial charge >= 0.3 is 12.1 Å². The van der Waals surface area contributed by atoms with Gasteiger partial charge in [-0.1, -0.05) is 18.2 Å². The highest BCUT2D eigenvalue weighted by atomic mass is 32.2. The lowest BCUT2D eigenvalue weighted by Gasteiger charge is -2.28. The van der Waals surface area contributed by atoms with Gasteiger partial charge in [-0.2, -0.15) is 13.2 Å². The Morgan fingerprint density at radius 3 is 2.50 bits per heavy atom. The minimum Gasteiger partial charge on any atom is -0.480 e. The monoisotopic (exact) mass is 307 g/mol. The summed E-state index contributed by atoms with van der Waals surface area (Å²) in [6, 6.07) is 3.89. The Hall–Kier alpha value is -1.21. The summed E-state index contributed by atoms with van der Waals surface area (Å²) in [7, 11) is 0. The van der Waals surface area contributed by atoms with Crippen molar-refractivity contribution in [2.24, 2.45) is 5.73 Å². The molecule has 1 aromatic rings. The maximum atomic E-state index is 12.6. The topological polar surface area (TPSA) is 63.3 Å². The van der Waals surface area contributed by atoms with Gasteiger partial charge in [0.25, 0.3) is 0 Å². The van der Waals surface area contributed by atoms with E-state index in [2.05, 4.69) is 0 Å². The fraction of sp³-hybridized carbons (Fsp3) is 0.462. The average Bonchev–Trinajstić information content (AvgIpc) is 2.35. The molecule has 1 atom stereocenters. The van der Waals surface area contributed by atoms with Gasteiger partial charge in [-0.05, 0) is 25.5 Å². The molecule has 0 radical (unpaired) electrons. The smallest absolute Gasteiger partial charge is 0.416 e. The molecule has 0 saturated heterocycles. The zero-order valence-electron chi connectivity index (χ0n) is 11.1. The number of benzene rings is 1. The second-order valence-corrected chi connectivity index (χ2v) is 6.54. The number of hydrogen-bond donors (Lipinski definition) is 2. The molecular formula is C13H16F3NO2S. The zero-order valence-corrected chi connectivity index (χ0v) is 11.9. The van der Waals surface area contributed by atoms with E-state index in [9.17, 15) is 18.0 Å². The van der Waals surface area contributed by atoms with Crippen LogP contribution in [0.1, 0.15) is 25.0 Å². The quantitative estimate of drug-likeness (QED) is 0.877. The SMILES string of the molecule is CC(C)(SCc1cccc(C(F)(F)F)c1)[C@H](N)C(=O)O. The molecule has 0 fully saturated rings. The molecule has 0 saturated carbocycles. The van der Waals surface area contributed by atoms with E-state index < -0.39 is 28.5 Å². The van der Waals surface area contributed by atoms with Crippen molar-refractivity contribution in [1.82, 2.24) is 0 Å². The molecule has 0 amide bonds. The van der Waals surface area contributed by atoms with E-state index in [1.54, 1.807) is 19.9 Å². The Morgan fingerprint density at radius 2 is 2.00 bits per heavy atom. The number of halogens is 3. The van der Waals surface area contributed by atoms with E-state index in [1.807, 2.05) is 0 Å². The van der Waals surface area contributed by atoms with Crippen molar-refractivity contribution in [3.63, 3.8) is 0 Å². The molecule has 3 N–H and O–H groups in total. The lowest BCUT2D eigenvalue weighted by molar-refractivity contribution is -0.139. The summed E-state index contributed by atoms with van der Waals surface area (Å²) >= 11 is 1.21. The first-order chi connectivity index (χ1) is 9.04. The lowest BCUT2D eigenvalue weighted by atomic mass is 10.1. The molecule has 7 heteroatoms. The van der Waals surface area contributed by atoms with E-state index in [0.717, 1.165) is 12.1 Å². The number of hydrogen-bond acceptors (Lipinski definition) is 3. The Bertz CT molecular complexity index is 489. The fourth-order valence-corrected chi connectivity index (χ4v) is 2.49. The highest BCUT2D eigenvalue weighted by Crippen LogP contribution is 2.33. The summed E-state index contributed by atoms with van der Waals surface area (Å²) in [6.07, 6.45) is -4.38. The lowest BCUT2D eigenvalue weighted by Crippen LogP contribution is -2.46. The van der Waals surface area contributed by atoms with Gasteiger partial charge in [0.1, 0.15) is 6.04 Å². The predicted molar refractivity (Wildman–Crippen MR) is 72.4 cm³/mol. The molecule has 20 heavy (non-hydrogen) atoms. The minimum atomic E-state index is -4.38. The van der Waals surface area contributed by atoms with Gasteiger partial charge in [0, 0.05) is 10.5 Å². The van der Waals surface area contributed by atoms with E-state index in [0.29, 0.717) is 5.56 Å². The largest absolute Gasteiger partial charge is 0.480 e. The van der Waals surface area contributed by atoms with Crippen molar-refractivity contribution in [3.8, 4) is 0 Å². The zero-order chi connectivity index (χ0) is 15.6. The van der Waals surface area contributed by atoms with Gasteiger partial charge in [0.05, 0.1) is 5.56 Å². The number of nitrogens with two attached hydrogens (primary N) is 1. The summed E-state index contributed by atoms with van der Waals surface area (Å²) in [4.78, 5) is 10.9. The van der Waals surface area contributed by atoms with Crippen molar-refractivity contribution in [1.29, 1.82) is 0 Å². The summed E-state index contributed by atoms with van der Waals surface area (Å²) in [5.74, 6) is -0.871. The summed E-state index contributed by atoms with van der Waals surface area (Å²) in [5.41, 5.74) is 5.33. The third kappa shape index (κ3) is 4.42. The molecule has 1 aromatic carbocycles. The second kappa shape index (κ2) is 6.05. The molecule has 0 aromatic heterocycles. The second-order valence-electron chi connectivity index (χ2n) is 4.91. The fourth-order valence-electron chi connectivity index (χ4n) is 1.49. The molecule has 112 valence electrons. The molecule has 3 nitrogen and oxygen atoms in total. The maximum Gasteiger partial charge on any atom is 0.416 e. The number of alkyl halides is 3. The molecule has 0 aliphatic heterocycles. The van der Waals surface area contributed by atoms with Crippen LogP contribution in [0, 0.1) is 0 Å². The molecule has 1 rings (SSSR count). The first kappa shape index (κ1) is 16.8. The number of aliphatic carboxylic acids is 1. The van der Waals surface area contributed by atoms with Crippen molar-refractivity contribution in [3.05, 3.63) is 35.4 Å². The van der Waals surface area contributed by atoms with Gasteiger partial charge in [-0.3, -0.25) is 4.79 Å². The molecule has 0 bridgehead atoms. The van der Waals surface area contributed by atoms with Crippen LogP contribution in [0.15, 0.2) is 24.3 Å². The van der Waals surface area contributed by atoms with E-state index >= 15 is 0 Å². The summed E-state index contributed by atoms with van der Waals surface area (Å²) in [5, 5.41) is 8.88. The number of carboxylic acids is 1. The van der Waals surface area contributed by atoms with Crippen molar-refractivity contribution >= 4 is 17.7 Å². The number of rotatable bonds is 5. The van der Waals surface area contributed by atoms with E-state index in [1.165, 1.54) is 17.8 Å². The average molecular weight is 307 g/mol. The van der Waals surface area contributed by atoms with Crippen molar-refractivity contribution in [2.45, 2.75) is 36.6 Å². The standard InChI is InChI=1S/C13H16F3NO2S/c1-12(2,10(17)11(18)19)20-7-8-4-3-5-9(6-8)13(14,15)16/h3-6,10H,7,17H2,1-2H3,(H,18,19)/t10-/m1/s1. The predicted octanol–water partition coefficient (Wildman–Crippen LogP) is 3.13. The Labute approximate surface area is 119 Å². The van der Waals surface area contributed by atoms with Crippen LogP contribution in [-0.4, -0.2) is 21.9 Å². The Balaban J connectivity index is 2.78. The van der Waals surface area contributed by atoms with Gasteiger partial charge in [0.2, 0.25) is 0 Å². The Morgan fingerprint density at radius 1 is 1.40 bits per heavy atom. The van der Waals surface area contributed by atoms with Gasteiger partial charge in [0.15, 0.2) is 0 Å². The molecule has 0 spiro atoms. The number of carbonyl (C=O) groups is 1. The summed E-state index contributed by atoms with van der Waals surface area (Å²) < 4.78 is 36.9. The molecule has 0 aliphatic rings. The van der Waals surface area contributed by atoms with E-state index in [-0.39, 0.29) is 5.75 Å². The highest BCUT2D eigenvalue weighted by Gasteiger charge is 2.33. The number of thioether (sulfide) groups is 1. The van der Waals surface area contributed by atoms with Crippen LogP contribution in [0.5, 0.6) is 0 Å². The van der Waals surface area contributed by atoms with Crippen LogP contribution in [0.3, 0.4) is 0 Å². The Kier molecular flexibility index (Phi) is 5.10. The van der Waals surface area contributed by atoms with Crippen LogP contribution in [0.4, 0.5) is 13.2 Å². The van der Waals surface area contributed by atoms with Crippen LogP contribution >= 0.6 is 11.8 Å². The molecule has 0 aliphatic carbocycles. The maximum absolute atomic E-state index is 12.6. The third-order valence-electron chi connectivity index (χ3n) is 2.88. The van der Waals surface area contributed by atoms with Crippen molar-refractivity contribution < 1.29 is 23.1 Å². The van der Waals surface area contributed by atoms with Gasteiger partial charge in [-0.15, -0.1) is 11.8 Å². The molecule has 0 unspecified atom stereocenters. The van der Waals surface area contributed by atoms with Crippen LogP contribution in [0.25, 0.3) is 0 Å². The normalized spacial score (nSPS) is 14.1. The number of carboxylic acid groups (broad SMARTS) is 1. The third-order valence-corrected chi connectivity index (χ3v) is 4.36. The van der Waals surface area contributed by atoms with E-state index in [4.69, 9.17) is 10.8 Å². The van der Waals surface area contributed by atoms with Gasteiger partial charge in [-0.25, -0.2) is 0 Å².